The normalized spacial score (nSPS) is 16.4. The van der Waals surface area contributed by atoms with Gasteiger partial charge in [-0.1, -0.05) is 96.1 Å². The van der Waals surface area contributed by atoms with Gasteiger partial charge in [0.05, 0.1) is 0 Å². The zero-order valence-electron chi connectivity index (χ0n) is 28.4. The second kappa shape index (κ2) is 11.4. The quantitative estimate of drug-likeness (QED) is 0.166. The minimum atomic E-state index is -0.138. The van der Waals surface area contributed by atoms with Gasteiger partial charge in [-0.3, -0.25) is 0 Å². The van der Waals surface area contributed by atoms with E-state index in [2.05, 4.69) is 161 Å². The van der Waals surface area contributed by atoms with Crippen molar-refractivity contribution >= 4 is 33.2 Å². The van der Waals surface area contributed by atoms with E-state index in [4.69, 9.17) is 9.72 Å². The minimum absolute atomic E-state index is 0. The molecule has 4 heterocycles. The van der Waals surface area contributed by atoms with Gasteiger partial charge in [0.25, 0.3) is 0 Å². The predicted octanol–water partition coefficient (Wildman–Crippen LogP) is 10.5. The van der Waals surface area contributed by atoms with Crippen molar-refractivity contribution in [2.24, 2.45) is 5.41 Å². The minimum Gasteiger partial charge on any atom is -0.509 e. The van der Waals surface area contributed by atoms with Crippen molar-refractivity contribution in [3.05, 3.63) is 139 Å². The Labute approximate surface area is 298 Å². The van der Waals surface area contributed by atoms with Crippen molar-refractivity contribution in [1.29, 1.82) is 0 Å². The van der Waals surface area contributed by atoms with Crippen LogP contribution < -0.4 is 14.5 Å². The number of fused-ring (bicyclic) bond motifs is 6. The van der Waals surface area contributed by atoms with Gasteiger partial charge < -0.3 is 19.1 Å². The van der Waals surface area contributed by atoms with Crippen LogP contribution in [0.3, 0.4) is 0 Å². The summed E-state index contributed by atoms with van der Waals surface area (Å²) < 4.78 is 8.78. The summed E-state index contributed by atoms with van der Waals surface area (Å²) in [4.78, 5) is 9.30. The number of benzene rings is 4. The number of aromatic nitrogens is 2. The van der Waals surface area contributed by atoms with E-state index in [1.807, 2.05) is 24.4 Å². The Kier molecular flexibility index (Phi) is 7.64. The topological polar surface area (TPSA) is 33.5 Å². The van der Waals surface area contributed by atoms with Gasteiger partial charge in [0.2, 0.25) is 0 Å². The first-order valence-corrected chi connectivity index (χ1v) is 16.3. The second-order valence-corrected chi connectivity index (χ2v) is 14.8. The molecular weight excluding hydrogens is 772 g/mol. The van der Waals surface area contributed by atoms with E-state index in [9.17, 15) is 0 Å². The molecule has 0 radical (unpaired) electrons. The van der Waals surface area contributed by atoms with Gasteiger partial charge in [-0.25, -0.2) is 4.98 Å². The monoisotopic (exact) mass is 810 g/mol. The summed E-state index contributed by atoms with van der Waals surface area (Å²) >= 11 is 0. The van der Waals surface area contributed by atoms with Gasteiger partial charge in [0.15, 0.2) is 0 Å². The SMILES string of the molecule is CC(C)(C)c1ccnc(-n2c3[c-]c(Oc4[c-]c5c(cc4)C(C)(C)C(C)(C)C4=CN(c6ccccc6)[CH-]N45)ccc3c3ccccc32)c1.[Pt]. The molecular formula is C42H39N4OPt-3. The summed E-state index contributed by atoms with van der Waals surface area (Å²) in [5.41, 5.74) is 7.59. The van der Waals surface area contributed by atoms with Crippen LogP contribution in [-0.4, -0.2) is 9.55 Å². The molecule has 2 aliphatic rings. The number of hydrogen-bond donors (Lipinski definition) is 0. The van der Waals surface area contributed by atoms with Crippen LogP contribution in [0.15, 0.2) is 109 Å². The molecule has 2 aromatic heterocycles. The van der Waals surface area contributed by atoms with E-state index >= 15 is 0 Å². The van der Waals surface area contributed by atoms with Gasteiger partial charge in [0.1, 0.15) is 5.82 Å². The largest absolute Gasteiger partial charge is 0.509 e. The van der Waals surface area contributed by atoms with Gasteiger partial charge in [-0.2, -0.15) is 12.1 Å². The molecule has 48 heavy (non-hydrogen) atoms. The van der Waals surface area contributed by atoms with Gasteiger partial charge in [0, 0.05) is 61.1 Å². The Morgan fingerprint density at radius 3 is 2.25 bits per heavy atom. The van der Waals surface area contributed by atoms with Gasteiger partial charge in [-0.15, -0.1) is 41.9 Å². The molecule has 0 atom stereocenters. The standard InChI is InChI=1S/C42H39N4O.Pt/c1-40(2,3)28-21-22-43-39(23-28)46-35-16-12-11-15-32(35)33-19-17-30(24-36(33)46)47-31-18-20-34-37(25-31)45-27-44(29-13-9-8-10-14-29)26-38(45)42(6,7)41(34,4)5;/h8-23,26-27H,1-7H3;/q-3;. The number of nitrogens with zero attached hydrogens (tertiary/aromatic N) is 4. The summed E-state index contributed by atoms with van der Waals surface area (Å²) in [6, 6.07) is 38.9. The van der Waals surface area contributed by atoms with Crippen molar-refractivity contribution in [3.63, 3.8) is 0 Å². The van der Waals surface area contributed by atoms with Crippen LogP contribution in [0.4, 0.5) is 11.4 Å². The molecule has 2 aliphatic heterocycles. The average Bonchev–Trinajstić information content (AvgIpc) is 3.65. The Morgan fingerprint density at radius 1 is 0.771 bits per heavy atom. The van der Waals surface area contributed by atoms with E-state index in [1.54, 1.807) is 0 Å². The molecule has 0 unspecified atom stereocenters. The van der Waals surface area contributed by atoms with Crippen LogP contribution in [0, 0.1) is 24.2 Å². The van der Waals surface area contributed by atoms with Crippen LogP contribution in [-0.2, 0) is 31.9 Å². The number of hydrogen-bond acceptors (Lipinski definition) is 4. The van der Waals surface area contributed by atoms with E-state index in [0.717, 1.165) is 39.0 Å². The first-order valence-electron chi connectivity index (χ1n) is 16.3. The number of pyridine rings is 1. The zero-order valence-corrected chi connectivity index (χ0v) is 30.7. The fourth-order valence-corrected chi connectivity index (χ4v) is 6.97. The molecule has 0 saturated carbocycles. The van der Waals surface area contributed by atoms with Gasteiger partial charge >= 0.3 is 0 Å². The predicted molar refractivity (Wildman–Crippen MR) is 192 cm³/mol. The maximum Gasteiger partial charge on any atom is 0.135 e. The molecule has 0 N–H and O–H groups in total. The summed E-state index contributed by atoms with van der Waals surface area (Å²) in [6.45, 7) is 18.2. The molecule has 0 amide bonds. The Balaban J connectivity index is 0.00000364. The summed E-state index contributed by atoms with van der Waals surface area (Å²) in [7, 11) is 0. The van der Waals surface area contributed by atoms with E-state index in [-0.39, 0.29) is 37.3 Å². The van der Waals surface area contributed by atoms with Crippen molar-refractivity contribution < 1.29 is 25.8 Å². The molecule has 4 aromatic carbocycles. The number of ether oxygens (including phenoxy) is 1. The molecule has 6 heteroatoms. The third-order valence-corrected chi connectivity index (χ3v) is 10.4. The van der Waals surface area contributed by atoms with E-state index in [0.29, 0.717) is 11.5 Å². The van der Waals surface area contributed by atoms with Crippen molar-refractivity contribution in [3.8, 4) is 17.3 Å². The molecule has 0 aliphatic carbocycles. The third kappa shape index (κ3) is 4.97. The maximum atomic E-state index is 6.58. The van der Waals surface area contributed by atoms with Crippen molar-refractivity contribution in [1.82, 2.24) is 9.55 Å². The first-order chi connectivity index (χ1) is 22.4. The second-order valence-electron chi connectivity index (χ2n) is 14.8. The summed E-state index contributed by atoms with van der Waals surface area (Å²) in [6.07, 6.45) is 4.16. The Bertz CT molecular complexity index is 2210. The number of rotatable bonds is 4. The fraction of sp³-hybridized carbons (Fsp3) is 0.238. The Hall–Kier alpha value is -4.34. The molecule has 5 nitrogen and oxygen atoms in total. The molecule has 0 bridgehead atoms. The average molecular weight is 811 g/mol. The number of anilines is 2. The van der Waals surface area contributed by atoms with E-state index < -0.39 is 0 Å². The summed E-state index contributed by atoms with van der Waals surface area (Å²) in [5.74, 6) is 2.15. The van der Waals surface area contributed by atoms with Crippen LogP contribution in [0.5, 0.6) is 11.5 Å². The van der Waals surface area contributed by atoms with Crippen molar-refractivity contribution in [2.45, 2.75) is 59.3 Å². The smallest absolute Gasteiger partial charge is 0.135 e. The van der Waals surface area contributed by atoms with Crippen LogP contribution in [0.1, 0.15) is 59.6 Å². The summed E-state index contributed by atoms with van der Waals surface area (Å²) in [5, 5.41) is 2.27. The Morgan fingerprint density at radius 2 is 1.48 bits per heavy atom. The fourth-order valence-electron chi connectivity index (χ4n) is 6.97. The van der Waals surface area contributed by atoms with Crippen LogP contribution >= 0.6 is 0 Å². The number of para-hydroxylation sites is 2. The van der Waals surface area contributed by atoms with Crippen LogP contribution in [0.2, 0.25) is 0 Å². The molecule has 6 aromatic rings. The third-order valence-electron chi connectivity index (χ3n) is 10.4. The molecule has 8 rings (SSSR count). The van der Waals surface area contributed by atoms with E-state index in [1.165, 1.54) is 16.8 Å². The molecule has 246 valence electrons. The number of allylic oxidation sites excluding steroid dienone is 1. The molecule has 0 fully saturated rings. The molecule has 0 spiro atoms. The molecule has 0 saturated heterocycles. The van der Waals surface area contributed by atoms with Crippen LogP contribution in [0.25, 0.3) is 27.6 Å². The van der Waals surface area contributed by atoms with Gasteiger partial charge in [-0.05, 0) is 58.3 Å². The van der Waals surface area contributed by atoms with Crippen molar-refractivity contribution in [2.75, 3.05) is 9.80 Å². The zero-order chi connectivity index (χ0) is 32.7. The first kappa shape index (κ1) is 32.2. The maximum absolute atomic E-state index is 6.58.